The molecule has 0 saturated heterocycles. The SMILES string of the molecule is COc1cc(/C=C(/C#N)C(=O)Nc2ccccc2C)cc(Cl)c1OCc1ccc(Cl)c(Cl)c1. The van der Waals surface area contributed by atoms with Crippen molar-refractivity contribution in [3.05, 3.63) is 91.9 Å². The molecule has 3 rings (SSSR count). The van der Waals surface area contributed by atoms with Gasteiger partial charge in [-0.25, -0.2) is 0 Å². The number of para-hydroxylation sites is 1. The number of hydrogen-bond donors (Lipinski definition) is 1. The lowest BCUT2D eigenvalue weighted by molar-refractivity contribution is -0.112. The first-order chi connectivity index (χ1) is 15.8. The Kier molecular flexibility index (Phi) is 8.24. The van der Waals surface area contributed by atoms with Gasteiger partial charge in [-0.15, -0.1) is 0 Å². The number of nitrogens with one attached hydrogen (secondary N) is 1. The average Bonchev–Trinajstić information content (AvgIpc) is 2.80. The van der Waals surface area contributed by atoms with Crippen molar-refractivity contribution in [1.82, 2.24) is 0 Å². The summed E-state index contributed by atoms with van der Waals surface area (Å²) in [5.74, 6) is 0.150. The van der Waals surface area contributed by atoms with Crippen LogP contribution >= 0.6 is 34.8 Å². The summed E-state index contributed by atoms with van der Waals surface area (Å²) in [5, 5.41) is 13.4. The quantitative estimate of drug-likeness (QED) is 0.277. The Morgan fingerprint density at radius 3 is 2.48 bits per heavy atom. The Morgan fingerprint density at radius 1 is 1.06 bits per heavy atom. The van der Waals surface area contributed by atoms with E-state index in [0.29, 0.717) is 32.8 Å². The average molecular weight is 502 g/mol. The third-order valence-corrected chi connectivity index (χ3v) is 5.71. The van der Waals surface area contributed by atoms with E-state index in [2.05, 4.69) is 5.32 Å². The van der Waals surface area contributed by atoms with Gasteiger partial charge in [-0.3, -0.25) is 4.79 Å². The Hall–Kier alpha value is -3.17. The van der Waals surface area contributed by atoms with Crippen molar-refractivity contribution in [2.24, 2.45) is 0 Å². The molecule has 0 atom stereocenters. The van der Waals surface area contributed by atoms with Gasteiger partial charge >= 0.3 is 0 Å². The molecule has 3 aromatic carbocycles. The van der Waals surface area contributed by atoms with Crippen molar-refractivity contribution >= 4 is 52.5 Å². The highest BCUT2D eigenvalue weighted by Crippen LogP contribution is 2.38. The molecule has 1 amide bonds. The van der Waals surface area contributed by atoms with Gasteiger partial charge in [-0.05, 0) is 60.0 Å². The highest BCUT2D eigenvalue weighted by molar-refractivity contribution is 6.42. The second-order valence-corrected chi connectivity index (χ2v) is 8.23. The number of benzene rings is 3. The van der Waals surface area contributed by atoms with Gasteiger partial charge in [0.05, 0.1) is 22.2 Å². The highest BCUT2D eigenvalue weighted by Gasteiger charge is 2.15. The van der Waals surface area contributed by atoms with Crippen LogP contribution in [-0.2, 0) is 11.4 Å². The fourth-order valence-electron chi connectivity index (χ4n) is 2.97. The number of aryl methyl sites for hydroxylation is 1. The molecule has 0 heterocycles. The standard InChI is InChI=1S/C25H19Cl3N2O3/c1-15-5-3-4-6-22(15)30-25(31)18(13-29)9-17-11-21(28)24(23(12-17)32-2)33-14-16-7-8-19(26)20(27)10-16/h3-12H,14H2,1-2H3,(H,30,31)/b18-9-. The minimum atomic E-state index is -0.526. The van der Waals surface area contributed by atoms with Crippen LogP contribution in [0.15, 0.2) is 60.2 Å². The molecule has 0 bridgehead atoms. The molecule has 0 radical (unpaired) electrons. The van der Waals surface area contributed by atoms with E-state index in [1.165, 1.54) is 13.2 Å². The number of carbonyl (C=O) groups is 1. The lowest BCUT2D eigenvalue weighted by Crippen LogP contribution is -2.14. The Labute approximate surface area is 207 Å². The van der Waals surface area contributed by atoms with Crippen LogP contribution in [0.5, 0.6) is 11.5 Å². The maximum absolute atomic E-state index is 12.6. The van der Waals surface area contributed by atoms with Gasteiger partial charge in [0.2, 0.25) is 0 Å². The number of hydrogen-bond acceptors (Lipinski definition) is 4. The summed E-state index contributed by atoms with van der Waals surface area (Å²) < 4.78 is 11.3. The summed E-state index contributed by atoms with van der Waals surface area (Å²) in [5.41, 5.74) is 2.74. The van der Waals surface area contributed by atoms with Crippen molar-refractivity contribution in [3.8, 4) is 17.6 Å². The number of nitriles is 1. The molecule has 0 aliphatic rings. The van der Waals surface area contributed by atoms with E-state index >= 15 is 0 Å². The van der Waals surface area contributed by atoms with Crippen molar-refractivity contribution in [2.45, 2.75) is 13.5 Å². The molecule has 8 heteroatoms. The van der Waals surface area contributed by atoms with Crippen LogP contribution in [0.25, 0.3) is 6.08 Å². The topological polar surface area (TPSA) is 71.3 Å². The lowest BCUT2D eigenvalue weighted by atomic mass is 10.1. The summed E-state index contributed by atoms with van der Waals surface area (Å²) >= 11 is 18.4. The van der Waals surface area contributed by atoms with Crippen molar-refractivity contribution in [3.63, 3.8) is 0 Å². The van der Waals surface area contributed by atoms with E-state index in [1.54, 1.807) is 42.5 Å². The molecule has 0 saturated carbocycles. The fourth-order valence-corrected chi connectivity index (χ4v) is 3.56. The van der Waals surface area contributed by atoms with Crippen molar-refractivity contribution in [1.29, 1.82) is 5.26 Å². The Morgan fingerprint density at radius 2 is 1.82 bits per heavy atom. The predicted molar refractivity (Wildman–Crippen MR) is 132 cm³/mol. The van der Waals surface area contributed by atoms with Gasteiger partial charge in [0, 0.05) is 5.69 Å². The van der Waals surface area contributed by atoms with Gasteiger partial charge in [0.25, 0.3) is 5.91 Å². The van der Waals surface area contributed by atoms with E-state index in [0.717, 1.165) is 11.1 Å². The summed E-state index contributed by atoms with van der Waals surface area (Å²) in [4.78, 5) is 12.6. The van der Waals surface area contributed by atoms with E-state index in [9.17, 15) is 10.1 Å². The van der Waals surface area contributed by atoms with Crippen LogP contribution in [0.2, 0.25) is 15.1 Å². The number of nitrogens with zero attached hydrogens (tertiary/aromatic N) is 1. The van der Waals surface area contributed by atoms with E-state index in [-0.39, 0.29) is 17.2 Å². The summed E-state index contributed by atoms with van der Waals surface area (Å²) in [6.45, 7) is 2.05. The maximum atomic E-state index is 12.6. The molecule has 0 aliphatic carbocycles. The van der Waals surface area contributed by atoms with Crippen LogP contribution in [0, 0.1) is 18.3 Å². The summed E-state index contributed by atoms with van der Waals surface area (Å²) in [6, 6.07) is 17.6. The lowest BCUT2D eigenvalue weighted by Gasteiger charge is -2.14. The largest absolute Gasteiger partial charge is 0.493 e. The molecule has 0 spiro atoms. The summed E-state index contributed by atoms with van der Waals surface area (Å²) in [6.07, 6.45) is 1.44. The molecule has 33 heavy (non-hydrogen) atoms. The van der Waals surface area contributed by atoms with Crippen molar-refractivity contribution < 1.29 is 14.3 Å². The minimum absolute atomic E-state index is 0.0825. The number of carbonyl (C=O) groups excluding carboxylic acids is 1. The minimum Gasteiger partial charge on any atom is -0.493 e. The highest BCUT2D eigenvalue weighted by atomic mass is 35.5. The zero-order chi connectivity index (χ0) is 24.0. The Bertz CT molecular complexity index is 1270. The molecule has 0 unspecified atom stereocenters. The number of ether oxygens (including phenoxy) is 2. The third kappa shape index (κ3) is 6.21. The van der Waals surface area contributed by atoms with Gasteiger partial charge in [-0.2, -0.15) is 5.26 Å². The van der Waals surface area contributed by atoms with Crippen LogP contribution in [0.1, 0.15) is 16.7 Å². The molecule has 168 valence electrons. The molecule has 0 fully saturated rings. The maximum Gasteiger partial charge on any atom is 0.266 e. The van der Waals surface area contributed by atoms with Crippen LogP contribution < -0.4 is 14.8 Å². The van der Waals surface area contributed by atoms with Gasteiger partial charge in [0.1, 0.15) is 18.2 Å². The number of halogens is 3. The smallest absolute Gasteiger partial charge is 0.266 e. The number of amides is 1. The van der Waals surface area contributed by atoms with E-state index in [1.807, 2.05) is 25.1 Å². The second kappa shape index (κ2) is 11.1. The third-order valence-electron chi connectivity index (χ3n) is 4.69. The first-order valence-corrected chi connectivity index (χ1v) is 10.9. The van der Waals surface area contributed by atoms with Crippen LogP contribution in [0.4, 0.5) is 5.69 Å². The number of rotatable bonds is 7. The molecule has 1 N–H and O–H groups in total. The van der Waals surface area contributed by atoms with Gasteiger partial charge in [0.15, 0.2) is 11.5 Å². The van der Waals surface area contributed by atoms with E-state index in [4.69, 9.17) is 44.3 Å². The molecule has 0 aliphatic heterocycles. The molecule has 3 aromatic rings. The van der Waals surface area contributed by atoms with Crippen LogP contribution in [0.3, 0.4) is 0 Å². The number of methoxy groups -OCH3 is 1. The normalized spacial score (nSPS) is 11.0. The van der Waals surface area contributed by atoms with E-state index < -0.39 is 5.91 Å². The predicted octanol–water partition coefficient (Wildman–Crippen LogP) is 7.09. The van der Waals surface area contributed by atoms with Crippen molar-refractivity contribution in [2.75, 3.05) is 12.4 Å². The molecule has 5 nitrogen and oxygen atoms in total. The van der Waals surface area contributed by atoms with Gasteiger partial charge < -0.3 is 14.8 Å². The first kappa shape index (κ1) is 24.5. The van der Waals surface area contributed by atoms with Crippen LogP contribution in [-0.4, -0.2) is 13.0 Å². The van der Waals surface area contributed by atoms with Gasteiger partial charge in [-0.1, -0.05) is 59.1 Å². The second-order valence-electron chi connectivity index (χ2n) is 7.01. The monoisotopic (exact) mass is 500 g/mol. The zero-order valence-corrected chi connectivity index (χ0v) is 20.1. The zero-order valence-electron chi connectivity index (χ0n) is 17.8. The molecular formula is C25H19Cl3N2O3. The number of anilines is 1. The fraction of sp³-hybridized carbons (Fsp3) is 0.120. The first-order valence-electron chi connectivity index (χ1n) is 9.75. The summed E-state index contributed by atoms with van der Waals surface area (Å²) in [7, 11) is 1.47. The molecular weight excluding hydrogens is 483 g/mol. The Balaban J connectivity index is 1.83. The molecule has 0 aromatic heterocycles.